The molecule has 0 aromatic heterocycles. The number of ether oxygens (including phenoxy) is 1. The molecule has 4 rings (SSSR count). The lowest BCUT2D eigenvalue weighted by Gasteiger charge is -2.31. The average Bonchev–Trinajstić information content (AvgIpc) is 2.87. The lowest BCUT2D eigenvalue weighted by Crippen LogP contribution is -2.51. The van der Waals surface area contributed by atoms with E-state index >= 15 is 0 Å². The number of rotatable bonds is 8. The maximum absolute atomic E-state index is 13.4. The number of carbonyl (C=O) groups excluding carboxylic acids is 2. The standard InChI is InChI=1S/C28H31BrN2O3/c1-20(28(33)30-24-10-3-2-4-11-24)31(18-21-14-16-23(29)17-15-21)27(32)19-34-26-13-7-9-22-8-5-6-12-25(22)26/h5-9,12-17,20,24H,2-4,10-11,18-19H2,1H3,(H,30,33)/t20-/m1/s1. The van der Waals surface area contributed by atoms with Crippen LogP contribution in [0.4, 0.5) is 0 Å². The second kappa shape index (κ2) is 11.5. The molecule has 0 bridgehead atoms. The molecule has 0 saturated heterocycles. The molecule has 0 aliphatic heterocycles. The summed E-state index contributed by atoms with van der Waals surface area (Å²) >= 11 is 3.45. The first kappa shape index (κ1) is 24.3. The Hall–Kier alpha value is -2.86. The molecular formula is C28H31BrN2O3. The molecule has 0 spiro atoms. The number of halogens is 1. The van der Waals surface area contributed by atoms with Gasteiger partial charge < -0.3 is 15.0 Å². The molecule has 178 valence electrons. The number of hydrogen-bond acceptors (Lipinski definition) is 3. The van der Waals surface area contributed by atoms with Crippen LogP contribution in [0.1, 0.15) is 44.6 Å². The monoisotopic (exact) mass is 522 g/mol. The Labute approximate surface area is 209 Å². The van der Waals surface area contributed by atoms with Crippen LogP contribution in [-0.2, 0) is 16.1 Å². The Morgan fingerprint density at radius 3 is 2.47 bits per heavy atom. The number of amides is 2. The van der Waals surface area contributed by atoms with Crippen molar-refractivity contribution in [2.45, 2.75) is 57.7 Å². The van der Waals surface area contributed by atoms with Gasteiger partial charge in [-0.1, -0.05) is 83.7 Å². The maximum Gasteiger partial charge on any atom is 0.261 e. The zero-order valence-electron chi connectivity index (χ0n) is 19.5. The van der Waals surface area contributed by atoms with Gasteiger partial charge >= 0.3 is 0 Å². The molecule has 1 aliphatic rings. The van der Waals surface area contributed by atoms with Crippen molar-refractivity contribution in [3.8, 4) is 5.75 Å². The van der Waals surface area contributed by atoms with E-state index in [0.717, 1.165) is 46.5 Å². The van der Waals surface area contributed by atoms with Gasteiger partial charge in [-0.3, -0.25) is 9.59 Å². The molecule has 0 heterocycles. The van der Waals surface area contributed by atoms with Crippen LogP contribution in [0.15, 0.2) is 71.2 Å². The molecule has 6 heteroatoms. The molecule has 2 amide bonds. The number of nitrogens with one attached hydrogen (secondary N) is 1. The Bertz CT molecular complexity index is 1120. The third kappa shape index (κ3) is 6.17. The third-order valence-corrected chi connectivity index (χ3v) is 7.01. The van der Waals surface area contributed by atoms with Crippen molar-refractivity contribution in [1.82, 2.24) is 10.2 Å². The van der Waals surface area contributed by atoms with Gasteiger partial charge in [-0.15, -0.1) is 0 Å². The zero-order chi connectivity index (χ0) is 23.9. The molecule has 3 aromatic rings. The molecule has 1 saturated carbocycles. The Kier molecular flexibility index (Phi) is 8.22. The second-order valence-electron chi connectivity index (χ2n) is 8.93. The highest BCUT2D eigenvalue weighted by molar-refractivity contribution is 9.10. The number of benzene rings is 3. The Morgan fingerprint density at radius 2 is 1.71 bits per heavy atom. The smallest absolute Gasteiger partial charge is 0.261 e. The first-order valence-electron chi connectivity index (χ1n) is 12.0. The van der Waals surface area contributed by atoms with E-state index in [-0.39, 0.29) is 24.5 Å². The lowest BCUT2D eigenvalue weighted by molar-refractivity contribution is -0.142. The second-order valence-corrected chi connectivity index (χ2v) is 9.85. The van der Waals surface area contributed by atoms with Crippen molar-refractivity contribution in [2.24, 2.45) is 0 Å². The minimum absolute atomic E-state index is 0.109. The van der Waals surface area contributed by atoms with E-state index in [2.05, 4.69) is 21.2 Å². The van der Waals surface area contributed by atoms with Gasteiger partial charge in [0.05, 0.1) is 0 Å². The largest absolute Gasteiger partial charge is 0.483 e. The number of carbonyl (C=O) groups is 2. The molecule has 1 N–H and O–H groups in total. The molecule has 1 fully saturated rings. The van der Waals surface area contributed by atoms with Gasteiger partial charge in [0, 0.05) is 22.4 Å². The average molecular weight is 523 g/mol. The van der Waals surface area contributed by atoms with Gasteiger partial charge in [0.2, 0.25) is 5.91 Å². The summed E-state index contributed by atoms with van der Waals surface area (Å²) in [5.41, 5.74) is 0.957. The van der Waals surface area contributed by atoms with Crippen LogP contribution in [0.2, 0.25) is 0 Å². The maximum atomic E-state index is 13.4. The van der Waals surface area contributed by atoms with E-state index < -0.39 is 6.04 Å². The van der Waals surface area contributed by atoms with Gasteiger partial charge in [0.25, 0.3) is 5.91 Å². The van der Waals surface area contributed by atoms with Crippen LogP contribution in [0.3, 0.4) is 0 Å². The SMILES string of the molecule is C[C@H](C(=O)NC1CCCCC1)N(Cc1ccc(Br)cc1)C(=O)COc1cccc2ccccc12. The highest BCUT2D eigenvalue weighted by Crippen LogP contribution is 2.25. The highest BCUT2D eigenvalue weighted by atomic mass is 79.9. The van der Waals surface area contributed by atoms with Crippen LogP contribution in [0.5, 0.6) is 5.75 Å². The van der Waals surface area contributed by atoms with Crippen molar-refractivity contribution in [1.29, 1.82) is 0 Å². The zero-order valence-corrected chi connectivity index (χ0v) is 21.1. The lowest BCUT2D eigenvalue weighted by atomic mass is 9.95. The molecule has 5 nitrogen and oxygen atoms in total. The van der Waals surface area contributed by atoms with E-state index in [9.17, 15) is 9.59 Å². The molecular weight excluding hydrogens is 492 g/mol. The third-order valence-electron chi connectivity index (χ3n) is 6.49. The Morgan fingerprint density at radius 1 is 1.00 bits per heavy atom. The van der Waals surface area contributed by atoms with Crippen LogP contribution in [0.25, 0.3) is 10.8 Å². The fourth-order valence-corrected chi connectivity index (χ4v) is 4.75. The summed E-state index contributed by atoms with van der Waals surface area (Å²) in [5, 5.41) is 5.18. The van der Waals surface area contributed by atoms with E-state index in [0.29, 0.717) is 12.3 Å². The van der Waals surface area contributed by atoms with E-state index in [1.54, 1.807) is 11.8 Å². The number of fused-ring (bicyclic) bond motifs is 1. The minimum Gasteiger partial charge on any atom is -0.483 e. The molecule has 0 unspecified atom stereocenters. The molecule has 34 heavy (non-hydrogen) atoms. The molecule has 1 aliphatic carbocycles. The fourth-order valence-electron chi connectivity index (χ4n) is 4.48. The first-order chi connectivity index (χ1) is 16.5. The van der Waals surface area contributed by atoms with Gasteiger partial charge in [-0.25, -0.2) is 0 Å². The number of nitrogens with zero attached hydrogens (tertiary/aromatic N) is 1. The van der Waals surface area contributed by atoms with Crippen molar-refractivity contribution in [2.75, 3.05) is 6.61 Å². The number of hydrogen-bond donors (Lipinski definition) is 1. The van der Waals surface area contributed by atoms with Crippen molar-refractivity contribution in [3.63, 3.8) is 0 Å². The predicted octanol–water partition coefficient (Wildman–Crippen LogP) is 5.85. The summed E-state index contributed by atoms with van der Waals surface area (Å²) in [6.07, 6.45) is 5.51. The molecule has 0 radical (unpaired) electrons. The summed E-state index contributed by atoms with van der Waals surface area (Å²) in [6.45, 7) is 2.00. The summed E-state index contributed by atoms with van der Waals surface area (Å²) in [6, 6.07) is 21.1. The first-order valence-corrected chi connectivity index (χ1v) is 12.8. The van der Waals surface area contributed by atoms with Crippen molar-refractivity contribution in [3.05, 3.63) is 76.8 Å². The summed E-state index contributed by atoms with van der Waals surface area (Å²) in [5.74, 6) is 0.332. The van der Waals surface area contributed by atoms with Gasteiger partial charge in [-0.05, 0) is 48.9 Å². The van der Waals surface area contributed by atoms with Gasteiger partial charge in [0.15, 0.2) is 6.61 Å². The van der Waals surface area contributed by atoms with Gasteiger partial charge in [-0.2, -0.15) is 0 Å². The van der Waals surface area contributed by atoms with Crippen LogP contribution in [-0.4, -0.2) is 35.4 Å². The summed E-state index contributed by atoms with van der Waals surface area (Å²) in [7, 11) is 0. The predicted molar refractivity (Wildman–Crippen MR) is 139 cm³/mol. The fraction of sp³-hybridized carbons (Fsp3) is 0.357. The highest BCUT2D eigenvalue weighted by Gasteiger charge is 2.28. The topological polar surface area (TPSA) is 58.6 Å². The normalized spacial score (nSPS) is 15.0. The minimum atomic E-state index is -0.603. The van der Waals surface area contributed by atoms with Gasteiger partial charge in [0.1, 0.15) is 11.8 Å². The van der Waals surface area contributed by atoms with E-state index in [1.807, 2.05) is 66.7 Å². The summed E-state index contributed by atoms with van der Waals surface area (Å²) in [4.78, 5) is 28.1. The van der Waals surface area contributed by atoms with E-state index in [1.165, 1.54) is 6.42 Å². The quantitative estimate of drug-likeness (QED) is 0.403. The van der Waals surface area contributed by atoms with Crippen molar-refractivity contribution >= 4 is 38.5 Å². The molecule has 3 aromatic carbocycles. The van der Waals surface area contributed by atoms with Crippen LogP contribution < -0.4 is 10.1 Å². The van der Waals surface area contributed by atoms with Crippen molar-refractivity contribution < 1.29 is 14.3 Å². The van der Waals surface area contributed by atoms with Crippen LogP contribution in [0, 0.1) is 0 Å². The Balaban J connectivity index is 1.49. The summed E-state index contributed by atoms with van der Waals surface area (Å²) < 4.78 is 6.94. The van der Waals surface area contributed by atoms with E-state index in [4.69, 9.17) is 4.74 Å². The van der Waals surface area contributed by atoms with Crippen LogP contribution >= 0.6 is 15.9 Å². The molecule has 1 atom stereocenters.